The second-order valence-corrected chi connectivity index (χ2v) is 8.38. The Bertz CT molecular complexity index is 1090. The van der Waals surface area contributed by atoms with Crippen molar-refractivity contribution < 1.29 is 27.8 Å². The maximum Gasteiger partial charge on any atom is 0.288 e. The highest BCUT2D eigenvalue weighted by Gasteiger charge is 2.19. The highest BCUT2D eigenvalue weighted by Crippen LogP contribution is 2.29. The van der Waals surface area contributed by atoms with Crippen molar-refractivity contribution in [2.45, 2.75) is 23.5 Å². The summed E-state index contributed by atoms with van der Waals surface area (Å²) in [6.45, 7) is 1.37. The van der Waals surface area contributed by atoms with Gasteiger partial charge in [-0.1, -0.05) is 17.8 Å². The summed E-state index contributed by atoms with van der Waals surface area (Å²) in [6, 6.07) is 12.6. The third-order valence-corrected chi connectivity index (χ3v) is 5.73. The number of likely N-dealkylation sites (tertiary alicyclic amines) is 1. The summed E-state index contributed by atoms with van der Waals surface area (Å²) in [6.07, 6.45) is 3.37. The maximum absolute atomic E-state index is 12.5. The van der Waals surface area contributed by atoms with Crippen LogP contribution >= 0.6 is 11.8 Å². The van der Waals surface area contributed by atoms with E-state index in [-0.39, 0.29) is 18.1 Å². The number of benzene rings is 2. The molecule has 1 N–H and O–H groups in total. The van der Waals surface area contributed by atoms with Crippen molar-refractivity contribution in [1.82, 2.24) is 4.90 Å². The molecule has 0 spiro atoms. The lowest BCUT2D eigenvalue weighted by atomic mass is 10.1. The van der Waals surface area contributed by atoms with E-state index in [9.17, 15) is 23.6 Å². The number of nitriles is 1. The average molecular weight is 488 g/mol. The fourth-order valence-corrected chi connectivity index (χ4v) is 3.82. The van der Waals surface area contributed by atoms with Crippen LogP contribution in [0.15, 0.2) is 52.9 Å². The Morgan fingerprint density at radius 3 is 2.50 bits per heavy atom. The van der Waals surface area contributed by atoms with Gasteiger partial charge in [0.15, 0.2) is 18.1 Å². The number of halogens is 2. The number of rotatable bonds is 9. The third kappa shape index (κ3) is 6.96. The number of thioether (sulfide) groups is 1. The third-order valence-electron chi connectivity index (χ3n) is 5.01. The van der Waals surface area contributed by atoms with Crippen molar-refractivity contribution in [1.29, 1.82) is 5.26 Å². The molecule has 1 aliphatic rings. The Balaban J connectivity index is 1.66. The zero-order chi connectivity index (χ0) is 24.5. The molecular formula is C24H23F2N3O4S. The molecule has 0 saturated carbocycles. The number of alkyl halides is 2. The summed E-state index contributed by atoms with van der Waals surface area (Å²) in [7, 11) is 1.45. The predicted molar refractivity (Wildman–Crippen MR) is 125 cm³/mol. The van der Waals surface area contributed by atoms with Gasteiger partial charge in [-0.15, -0.1) is 0 Å². The fourth-order valence-electron chi connectivity index (χ4n) is 3.32. The topological polar surface area (TPSA) is 91.7 Å². The molecule has 1 aliphatic heterocycles. The van der Waals surface area contributed by atoms with Crippen LogP contribution in [0.3, 0.4) is 0 Å². The highest BCUT2D eigenvalue weighted by molar-refractivity contribution is 7.99. The van der Waals surface area contributed by atoms with E-state index in [1.54, 1.807) is 23.1 Å². The van der Waals surface area contributed by atoms with Gasteiger partial charge in [-0.05, 0) is 60.9 Å². The van der Waals surface area contributed by atoms with Crippen molar-refractivity contribution in [3.63, 3.8) is 0 Å². The number of methoxy groups -OCH3 is 1. The lowest BCUT2D eigenvalue weighted by Crippen LogP contribution is -2.32. The first-order valence-electron chi connectivity index (χ1n) is 10.5. The standard InChI is InChI=1S/C24H23F2N3O4S/c1-32-21-13-16(4-9-20(21)33-15-22(30)29-10-2-3-11-29)12-17(14-27)23(31)28-18-5-7-19(8-6-18)34-24(25)26/h4-9,12-13,24H,2-3,10-11,15H2,1H3,(H,28,31)/b17-12+. The molecule has 0 aromatic heterocycles. The summed E-state index contributed by atoms with van der Waals surface area (Å²) in [5.74, 6) is -2.54. The molecular weight excluding hydrogens is 464 g/mol. The molecule has 0 bridgehead atoms. The van der Waals surface area contributed by atoms with Crippen LogP contribution in [0.25, 0.3) is 6.08 Å². The lowest BCUT2D eigenvalue weighted by Gasteiger charge is -2.16. The summed E-state index contributed by atoms with van der Waals surface area (Å²) < 4.78 is 35.8. The first kappa shape index (κ1) is 25.1. The number of hydrogen-bond donors (Lipinski definition) is 1. The molecule has 10 heteroatoms. The van der Waals surface area contributed by atoms with Crippen molar-refractivity contribution in [3.05, 3.63) is 53.6 Å². The maximum atomic E-state index is 12.5. The van der Waals surface area contributed by atoms with Gasteiger partial charge in [-0.25, -0.2) is 0 Å². The first-order valence-corrected chi connectivity index (χ1v) is 11.3. The van der Waals surface area contributed by atoms with Crippen LogP contribution in [0.2, 0.25) is 0 Å². The monoisotopic (exact) mass is 487 g/mol. The molecule has 7 nitrogen and oxygen atoms in total. The van der Waals surface area contributed by atoms with Crippen molar-refractivity contribution in [2.75, 3.05) is 32.1 Å². The second kappa shape index (κ2) is 12.0. The molecule has 2 amide bonds. The van der Waals surface area contributed by atoms with Crippen LogP contribution in [-0.4, -0.2) is 49.3 Å². The van der Waals surface area contributed by atoms with Gasteiger partial charge in [-0.2, -0.15) is 14.0 Å². The zero-order valence-electron chi connectivity index (χ0n) is 18.4. The van der Waals surface area contributed by atoms with Crippen molar-refractivity contribution >= 4 is 35.3 Å². The molecule has 0 radical (unpaired) electrons. The normalized spacial score (nSPS) is 13.5. The molecule has 2 aromatic carbocycles. The Hall–Kier alpha value is -3.58. The molecule has 0 atom stereocenters. The van der Waals surface area contributed by atoms with Crippen LogP contribution in [0.1, 0.15) is 18.4 Å². The Labute approximate surface area is 200 Å². The van der Waals surface area contributed by atoms with Crippen LogP contribution in [0.5, 0.6) is 11.5 Å². The molecule has 178 valence electrons. The van der Waals surface area contributed by atoms with Crippen LogP contribution in [0.4, 0.5) is 14.5 Å². The van der Waals surface area contributed by atoms with E-state index in [4.69, 9.17) is 9.47 Å². The van der Waals surface area contributed by atoms with Gasteiger partial charge < -0.3 is 19.7 Å². The fraction of sp³-hybridized carbons (Fsp3) is 0.292. The highest BCUT2D eigenvalue weighted by atomic mass is 32.2. The molecule has 1 saturated heterocycles. The minimum atomic E-state index is -2.53. The molecule has 34 heavy (non-hydrogen) atoms. The van der Waals surface area contributed by atoms with Crippen LogP contribution in [-0.2, 0) is 9.59 Å². The summed E-state index contributed by atoms with van der Waals surface area (Å²) in [5, 5.41) is 12.0. The van der Waals surface area contributed by atoms with Crippen molar-refractivity contribution in [3.8, 4) is 17.6 Å². The Morgan fingerprint density at radius 1 is 1.18 bits per heavy atom. The average Bonchev–Trinajstić information content (AvgIpc) is 3.37. The largest absolute Gasteiger partial charge is 0.493 e. The number of carbonyl (C=O) groups excluding carboxylic acids is 2. The molecule has 0 unspecified atom stereocenters. The van der Waals surface area contributed by atoms with E-state index >= 15 is 0 Å². The summed E-state index contributed by atoms with van der Waals surface area (Å²) in [4.78, 5) is 26.8. The number of anilines is 1. The molecule has 0 aliphatic carbocycles. The minimum absolute atomic E-state index is 0.0900. The van der Waals surface area contributed by atoms with Crippen LogP contribution < -0.4 is 14.8 Å². The number of amides is 2. The van der Waals surface area contributed by atoms with Gasteiger partial charge in [0.05, 0.1) is 7.11 Å². The second-order valence-electron chi connectivity index (χ2n) is 7.31. The predicted octanol–water partition coefficient (Wildman–Crippen LogP) is 4.56. The number of hydrogen-bond acceptors (Lipinski definition) is 6. The Morgan fingerprint density at radius 2 is 1.88 bits per heavy atom. The quantitative estimate of drug-likeness (QED) is 0.317. The summed E-state index contributed by atoms with van der Waals surface area (Å²) in [5.41, 5.74) is 0.727. The SMILES string of the molecule is COc1cc(/C=C(\C#N)C(=O)Nc2ccc(SC(F)F)cc2)ccc1OCC(=O)N1CCCC1. The number of nitrogens with one attached hydrogen (secondary N) is 1. The van der Waals surface area contributed by atoms with Gasteiger partial charge >= 0.3 is 0 Å². The van der Waals surface area contributed by atoms with Crippen LogP contribution in [0, 0.1) is 11.3 Å². The van der Waals surface area contributed by atoms with Crippen molar-refractivity contribution in [2.24, 2.45) is 0 Å². The Kier molecular flexibility index (Phi) is 8.87. The van der Waals surface area contributed by atoms with Gasteiger partial charge in [0, 0.05) is 23.7 Å². The zero-order valence-corrected chi connectivity index (χ0v) is 19.2. The lowest BCUT2D eigenvalue weighted by molar-refractivity contribution is -0.132. The first-order chi connectivity index (χ1) is 16.4. The van der Waals surface area contributed by atoms with E-state index in [2.05, 4.69) is 5.32 Å². The number of carbonyl (C=O) groups is 2. The number of ether oxygens (including phenoxy) is 2. The van der Waals surface area contributed by atoms with Gasteiger partial charge in [0.25, 0.3) is 17.6 Å². The van der Waals surface area contributed by atoms with Gasteiger partial charge in [0.2, 0.25) is 0 Å². The van der Waals surface area contributed by atoms with Gasteiger partial charge in [0.1, 0.15) is 11.6 Å². The minimum Gasteiger partial charge on any atom is -0.493 e. The molecule has 1 fully saturated rings. The summed E-state index contributed by atoms with van der Waals surface area (Å²) >= 11 is 0.401. The van der Waals surface area contributed by atoms with E-state index < -0.39 is 11.7 Å². The van der Waals surface area contributed by atoms with E-state index in [0.29, 0.717) is 39.4 Å². The smallest absolute Gasteiger partial charge is 0.288 e. The molecule has 3 rings (SSSR count). The van der Waals surface area contributed by atoms with E-state index in [0.717, 1.165) is 25.9 Å². The molecule has 1 heterocycles. The molecule has 2 aromatic rings. The van der Waals surface area contributed by atoms with E-state index in [1.165, 1.54) is 37.5 Å². The number of nitrogens with zero attached hydrogens (tertiary/aromatic N) is 2. The van der Waals surface area contributed by atoms with E-state index in [1.807, 2.05) is 6.07 Å². The van der Waals surface area contributed by atoms with Gasteiger partial charge in [-0.3, -0.25) is 9.59 Å².